The highest BCUT2D eigenvalue weighted by molar-refractivity contribution is 8.13. The van der Waals surface area contributed by atoms with Gasteiger partial charge in [0.2, 0.25) is 0 Å². The van der Waals surface area contributed by atoms with Gasteiger partial charge in [-0.15, -0.1) is 0 Å². The van der Waals surface area contributed by atoms with E-state index in [1.54, 1.807) is 25.1 Å². The third-order valence-corrected chi connectivity index (χ3v) is 4.44. The molecule has 4 nitrogen and oxygen atoms in total. The number of nitrogens with one attached hydrogen (secondary N) is 1. The number of hydrogen-bond acceptors (Lipinski definition) is 3. The molecule has 2 aromatic carbocycles. The SMILES string of the molecule is Cc1ccc(Cl)cc1C(=O)Nc1ccc(S(=O)(=O)Cl)cc1. The van der Waals surface area contributed by atoms with E-state index in [0.29, 0.717) is 16.3 Å². The number of hydrogen-bond donors (Lipinski definition) is 1. The first-order chi connectivity index (χ1) is 9.77. The van der Waals surface area contributed by atoms with Gasteiger partial charge in [0, 0.05) is 27.0 Å². The Balaban J connectivity index is 2.22. The van der Waals surface area contributed by atoms with Gasteiger partial charge < -0.3 is 5.32 Å². The fraction of sp³-hybridized carbons (Fsp3) is 0.0714. The van der Waals surface area contributed by atoms with Gasteiger partial charge >= 0.3 is 0 Å². The van der Waals surface area contributed by atoms with Crippen LogP contribution in [0.3, 0.4) is 0 Å². The van der Waals surface area contributed by atoms with Crippen LogP contribution in [0.15, 0.2) is 47.4 Å². The van der Waals surface area contributed by atoms with Gasteiger partial charge in [0.25, 0.3) is 15.0 Å². The molecule has 0 aliphatic rings. The molecule has 0 saturated heterocycles. The zero-order valence-electron chi connectivity index (χ0n) is 10.9. The standard InChI is InChI=1S/C14H11Cl2NO3S/c1-9-2-3-10(15)8-13(9)14(18)17-11-4-6-12(7-5-11)21(16,19)20/h2-8H,1H3,(H,17,18). The van der Waals surface area contributed by atoms with Crippen molar-refractivity contribution in [1.82, 2.24) is 0 Å². The average Bonchev–Trinajstić information content (AvgIpc) is 2.41. The van der Waals surface area contributed by atoms with E-state index in [4.69, 9.17) is 22.3 Å². The van der Waals surface area contributed by atoms with E-state index in [9.17, 15) is 13.2 Å². The van der Waals surface area contributed by atoms with Gasteiger partial charge in [0.1, 0.15) is 0 Å². The normalized spacial score (nSPS) is 11.2. The van der Waals surface area contributed by atoms with E-state index in [1.807, 2.05) is 0 Å². The molecule has 0 bridgehead atoms. The molecular weight excluding hydrogens is 333 g/mol. The van der Waals surface area contributed by atoms with Gasteiger partial charge in [-0.1, -0.05) is 17.7 Å². The van der Waals surface area contributed by atoms with Gasteiger partial charge in [0.05, 0.1) is 4.90 Å². The maximum atomic E-state index is 12.2. The summed E-state index contributed by atoms with van der Waals surface area (Å²) in [5.74, 6) is -0.323. The summed E-state index contributed by atoms with van der Waals surface area (Å²) in [6.07, 6.45) is 0. The van der Waals surface area contributed by atoms with Crippen molar-refractivity contribution in [3.05, 3.63) is 58.6 Å². The second-order valence-electron chi connectivity index (χ2n) is 4.38. The van der Waals surface area contributed by atoms with Gasteiger partial charge in [-0.25, -0.2) is 8.42 Å². The van der Waals surface area contributed by atoms with E-state index in [1.165, 1.54) is 24.3 Å². The van der Waals surface area contributed by atoms with Crippen molar-refractivity contribution in [2.75, 3.05) is 5.32 Å². The van der Waals surface area contributed by atoms with Crippen LogP contribution in [0.25, 0.3) is 0 Å². The molecule has 21 heavy (non-hydrogen) atoms. The highest BCUT2D eigenvalue weighted by Gasteiger charge is 2.12. The zero-order valence-corrected chi connectivity index (χ0v) is 13.3. The molecule has 7 heteroatoms. The van der Waals surface area contributed by atoms with Crippen LogP contribution in [0.4, 0.5) is 5.69 Å². The molecule has 2 aromatic rings. The molecule has 0 radical (unpaired) electrons. The molecule has 0 fully saturated rings. The Bertz CT molecular complexity index is 786. The van der Waals surface area contributed by atoms with Crippen molar-refractivity contribution >= 4 is 42.9 Å². The van der Waals surface area contributed by atoms with Crippen molar-refractivity contribution in [2.24, 2.45) is 0 Å². The Kier molecular flexibility index (Phi) is 4.56. The number of rotatable bonds is 3. The zero-order chi connectivity index (χ0) is 15.6. The van der Waals surface area contributed by atoms with Crippen LogP contribution in [0.2, 0.25) is 5.02 Å². The lowest BCUT2D eigenvalue weighted by atomic mass is 10.1. The van der Waals surface area contributed by atoms with Gasteiger partial charge in [-0.2, -0.15) is 0 Å². The number of amides is 1. The largest absolute Gasteiger partial charge is 0.322 e. The van der Waals surface area contributed by atoms with Crippen molar-refractivity contribution < 1.29 is 13.2 Å². The lowest BCUT2D eigenvalue weighted by Gasteiger charge is -2.08. The minimum Gasteiger partial charge on any atom is -0.322 e. The molecule has 1 N–H and O–H groups in total. The highest BCUT2D eigenvalue weighted by atomic mass is 35.7. The van der Waals surface area contributed by atoms with Crippen LogP contribution in [0, 0.1) is 6.92 Å². The van der Waals surface area contributed by atoms with Crippen LogP contribution in [-0.4, -0.2) is 14.3 Å². The number of benzene rings is 2. The first-order valence-electron chi connectivity index (χ1n) is 5.89. The average molecular weight is 344 g/mol. The van der Waals surface area contributed by atoms with Crippen LogP contribution >= 0.6 is 22.3 Å². The van der Waals surface area contributed by atoms with Crippen molar-refractivity contribution in [2.45, 2.75) is 11.8 Å². The smallest absolute Gasteiger partial charge is 0.261 e. The molecule has 2 rings (SSSR count). The molecule has 0 aromatic heterocycles. The molecular formula is C14H11Cl2NO3S. The summed E-state index contributed by atoms with van der Waals surface area (Å²) in [6, 6.07) is 10.6. The maximum Gasteiger partial charge on any atom is 0.261 e. The number of carbonyl (C=O) groups excluding carboxylic acids is 1. The van der Waals surface area contributed by atoms with Crippen LogP contribution in [0.5, 0.6) is 0 Å². The lowest BCUT2D eigenvalue weighted by molar-refractivity contribution is 0.102. The summed E-state index contributed by atoms with van der Waals surface area (Å²) in [7, 11) is 1.45. The molecule has 0 aliphatic carbocycles. The summed E-state index contributed by atoms with van der Waals surface area (Å²) >= 11 is 5.87. The van der Waals surface area contributed by atoms with Gasteiger partial charge in [-0.05, 0) is 48.9 Å². The van der Waals surface area contributed by atoms with Gasteiger partial charge in [-0.3, -0.25) is 4.79 Å². The summed E-state index contributed by atoms with van der Waals surface area (Å²) in [6.45, 7) is 1.80. The summed E-state index contributed by atoms with van der Waals surface area (Å²) in [5, 5.41) is 3.14. The van der Waals surface area contributed by atoms with Gasteiger partial charge in [0.15, 0.2) is 0 Å². The Labute approximate surface area is 132 Å². The van der Waals surface area contributed by atoms with E-state index >= 15 is 0 Å². The molecule has 0 heterocycles. The van der Waals surface area contributed by atoms with Crippen molar-refractivity contribution in [3.63, 3.8) is 0 Å². The molecule has 0 aliphatic heterocycles. The minimum absolute atomic E-state index is 0.0268. The second kappa shape index (κ2) is 6.05. The number of anilines is 1. The van der Waals surface area contributed by atoms with E-state index in [-0.39, 0.29) is 10.8 Å². The molecule has 110 valence electrons. The van der Waals surface area contributed by atoms with Crippen LogP contribution in [0.1, 0.15) is 15.9 Å². The first-order valence-corrected chi connectivity index (χ1v) is 8.58. The summed E-state index contributed by atoms with van der Waals surface area (Å²) in [4.78, 5) is 12.1. The Hall–Kier alpha value is -1.56. The summed E-state index contributed by atoms with van der Waals surface area (Å²) in [5.41, 5.74) is 1.71. The van der Waals surface area contributed by atoms with Crippen LogP contribution < -0.4 is 5.32 Å². The number of halogens is 2. The van der Waals surface area contributed by atoms with Crippen molar-refractivity contribution in [1.29, 1.82) is 0 Å². The van der Waals surface area contributed by atoms with E-state index < -0.39 is 9.05 Å². The second-order valence-corrected chi connectivity index (χ2v) is 7.38. The topological polar surface area (TPSA) is 63.2 Å². The van der Waals surface area contributed by atoms with E-state index in [2.05, 4.69) is 5.32 Å². The third-order valence-electron chi connectivity index (χ3n) is 2.84. The lowest BCUT2D eigenvalue weighted by Crippen LogP contribution is -2.13. The number of aryl methyl sites for hydroxylation is 1. The monoisotopic (exact) mass is 343 g/mol. The fourth-order valence-electron chi connectivity index (χ4n) is 1.74. The molecule has 0 spiro atoms. The van der Waals surface area contributed by atoms with E-state index in [0.717, 1.165) is 5.56 Å². The Morgan fingerprint density at radius 2 is 1.71 bits per heavy atom. The van der Waals surface area contributed by atoms with Crippen LogP contribution in [-0.2, 0) is 9.05 Å². The predicted molar refractivity (Wildman–Crippen MR) is 83.6 cm³/mol. The predicted octanol–water partition coefficient (Wildman–Crippen LogP) is 3.83. The van der Waals surface area contributed by atoms with Crippen molar-refractivity contribution in [3.8, 4) is 0 Å². The fourth-order valence-corrected chi connectivity index (χ4v) is 2.68. The molecule has 0 saturated carbocycles. The minimum atomic E-state index is -3.77. The molecule has 0 atom stereocenters. The summed E-state index contributed by atoms with van der Waals surface area (Å²) < 4.78 is 22.3. The molecule has 1 amide bonds. The third kappa shape index (κ3) is 3.97. The highest BCUT2D eigenvalue weighted by Crippen LogP contribution is 2.20. The first kappa shape index (κ1) is 15.8. The number of carbonyl (C=O) groups is 1. The quantitative estimate of drug-likeness (QED) is 0.861. The Morgan fingerprint density at radius 1 is 1.10 bits per heavy atom. The maximum absolute atomic E-state index is 12.2. The Morgan fingerprint density at radius 3 is 2.29 bits per heavy atom. The molecule has 0 unspecified atom stereocenters.